The number of carbonyl (C=O) groups excluding carboxylic acids is 1. The molecule has 3 heteroatoms. The van der Waals surface area contributed by atoms with Gasteiger partial charge in [0.05, 0.1) is 6.61 Å². The van der Waals surface area contributed by atoms with E-state index in [-0.39, 0.29) is 5.97 Å². The molecule has 0 aliphatic heterocycles. The molecule has 1 rings (SSSR count). The van der Waals surface area contributed by atoms with Crippen LogP contribution in [0.3, 0.4) is 0 Å². The number of rotatable bonds is 18. The van der Waals surface area contributed by atoms with Crippen LogP contribution in [0, 0.1) is 5.92 Å². The number of esters is 1. The average molecular weight is 355 g/mol. The SMILES string of the molecule is CCCCCCCCCCCCCCCOC(C)C(=O)OCC1CC1. The van der Waals surface area contributed by atoms with E-state index in [0.717, 1.165) is 6.42 Å². The van der Waals surface area contributed by atoms with Crippen LogP contribution in [0.4, 0.5) is 0 Å². The molecule has 0 aromatic rings. The average Bonchev–Trinajstić information content (AvgIpc) is 3.44. The summed E-state index contributed by atoms with van der Waals surface area (Å²) in [5.74, 6) is 0.429. The van der Waals surface area contributed by atoms with Crippen LogP contribution in [-0.4, -0.2) is 25.3 Å². The lowest BCUT2D eigenvalue weighted by atomic mass is 10.0. The Morgan fingerprint density at radius 1 is 0.840 bits per heavy atom. The summed E-state index contributed by atoms with van der Waals surface area (Å²) in [5.41, 5.74) is 0. The fourth-order valence-electron chi connectivity index (χ4n) is 3.05. The van der Waals surface area contributed by atoms with Gasteiger partial charge in [-0.2, -0.15) is 0 Å². The van der Waals surface area contributed by atoms with Crippen LogP contribution in [0.25, 0.3) is 0 Å². The van der Waals surface area contributed by atoms with Gasteiger partial charge in [-0.15, -0.1) is 0 Å². The van der Waals surface area contributed by atoms with Crippen molar-refractivity contribution >= 4 is 5.97 Å². The summed E-state index contributed by atoms with van der Waals surface area (Å²) in [6.07, 6.45) is 19.6. The lowest BCUT2D eigenvalue weighted by Crippen LogP contribution is -2.24. The van der Waals surface area contributed by atoms with Gasteiger partial charge in [0.2, 0.25) is 0 Å². The zero-order valence-electron chi connectivity index (χ0n) is 16.9. The monoisotopic (exact) mass is 354 g/mol. The maximum absolute atomic E-state index is 11.7. The van der Waals surface area contributed by atoms with Gasteiger partial charge in [-0.1, -0.05) is 84.0 Å². The van der Waals surface area contributed by atoms with Gasteiger partial charge < -0.3 is 9.47 Å². The summed E-state index contributed by atoms with van der Waals surface area (Å²) in [6.45, 7) is 5.34. The number of unbranched alkanes of at least 4 members (excludes halogenated alkanes) is 12. The highest BCUT2D eigenvalue weighted by molar-refractivity contribution is 5.74. The predicted molar refractivity (Wildman–Crippen MR) is 105 cm³/mol. The van der Waals surface area contributed by atoms with E-state index in [0.29, 0.717) is 19.1 Å². The molecule has 0 bridgehead atoms. The molecule has 0 amide bonds. The quantitative estimate of drug-likeness (QED) is 0.210. The minimum absolute atomic E-state index is 0.193. The first-order chi connectivity index (χ1) is 12.2. The number of ether oxygens (including phenoxy) is 2. The summed E-state index contributed by atoms with van der Waals surface area (Å²) in [7, 11) is 0. The van der Waals surface area contributed by atoms with Crippen molar-refractivity contribution in [2.45, 2.75) is 116 Å². The molecule has 0 saturated heterocycles. The third kappa shape index (κ3) is 14.3. The molecular formula is C22H42O3. The molecule has 0 heterocycles. The van der Waals surface area contributed by atoms with E-state index in [1.165, 1.54) is 89.9 Å². The molecule has 0 N–H and O–H groups in total. The second kappa shape index (κ2) is 15.7. The lowest BCUT2D eigenvalue weighted by molar-refractivity contribution is -0.156. The molecular weight excluding hydrogens is 312 g/mol. The van der Waals surface area contributed by atoms with Crippen LogP contribution >= 0.6 is 0 Å². The number of carbonyl (C=O) groups is 1. The first-order valence-electron chi connectivity index (χ1n) is 11.0. The van der Waals surface area contributed by atoms with E-state index in [1.54, 1.807) is 6.92 Å². The zero-order chi connectivity index (χ0) is 18.2. The second-order valence-electron chi connectivity index (χ2n) is 7.83. The molecule has 1 fully saturated rings. The highest BCUT2D eigenvalue weighted by Gasteiger charge is 2.24. The number of hydrogen-bond donors (Lipinski definition) is 0. The molecule has 25 heavy (non-hydrogen) atoms. The smallest absolute Gasteiger partial charge is 0.334 e. The first kappa shape index (κ1) is 22.5. The summed E-state index contributed by atoms with van der Waals surface area (Å²) in [6, 6.07) is 0. The van der Waals surface area contributed by atoms with Gasteiger partial charge in [0.25, 0.3) is 0 Å². The maximum Gasteiger partial charge on any atom is 0.334 e. The van der Waals surface area contributed by atoms with E-state index in [2.05, 4.69) is 6.92 Å². The van der Waals surface area contributed by atoms with Gasteiger partial charge in [0.15, 0.2) is 6.10 Å². The molecule has 0 radical (unpaired) electrons. The molecule has 0 spiro atoms. The summed E-state index contributed by atoms with van der Waals surface area (Å²) < 4.78 is 10.8. The van der Waals surface area contributed by atoms with Crippen molar-refractivity contribution in [3.05, 3.63) is 0 Å². The van der Waals surface area contributed by atoms with Crippen LogP contribution in [0.5, 0.6) is 0 Å². The van der Waals surface area contributed by atoms with E-state index < -0.39 is 6.10 Å². The van der Waals surface area contributed by atoms with Crippen LogP contribution in [0.2, 0.25) is 0 Å². The fourth-order valence-corrected chi connectivity index (χ4v) is 3.05. The van der Waals surface area contributed by atoms with E-state index in [9.17, 15) is 4.79 Å². The molecule has 1 saturated carbocycles. The Morgan fingerprint density at radius 2 is 1.32 bits per heavy atom. The van der Waals surface area contributed by atoms with Gasteiger partial charge in [-0.05, 0) is 32.1 Å². The van der Waals surface area contributed by atoms with Gasteiger partial charge in [-0.3, -0.25) is 0 Å². The Bertz CT molecular complexity index is 312. The minimum Gasteiger partial charge on any atom is -0.463 e. The topological polar surface area (TPSA) is 35.5 Å². The van der Waals surface area contributed by atoms with Gasteiger partial charge in [0, 0.05) is 6.61 Å². The zero-order valence-corrected chi connectivity index (χ0v) is 16.9. The van der Waals surface area contributed by atoms with E-state index in [4.69, 9.17) is 9.47 Å². The van der Waals surface area contributed by atoms with Crippen molar-refractivity contribution in [1.82, 2.24) is 0 Å². The van der Waals surface area contributed by atoms with Crippen LogP contribution < -0.4 is 0 Å². The second-order valence-corrected chi connectivity index (χ2v) is 7.83. The Balaban J connectivity index is 1.74. The molecule has 148 valence electrons. The Morgan fingerprint density at radius 3 is 1.80 bits per heavy atom. The highest BCUT2D eigenvalue weighted by Crippen LogP contribution is 2.28. The van der Waals surface area contributed by atoms with Crippen molar-refractivity contribution in [3.63, 3.8) is 0 Å². The van der Waals surface area contributed by atoms with E-state index >= 15 is 0 Å². The fraction of sp³-hybridized carbons (Fsp3) is 0.955. The van der Waals surface area contributed by atoms with Gasteiger partial charge in [0.1, 0.15) is 0 Å². The third-order valence-corrected chi connectivity index (χ3v) is 5.11. The largest absolute Gasteiger partial charge is 0.463 e. The lowest BCUT2D eigenvalue weighted by Gasteiger charge is -2.12. The minimum atomic E-state index is -0.406. The summed E-state index contributed by atoms with van der Waals surface area (Å²) in [5, 5.41) is 0. The van der Waals surface area contributed by atoms with Crippen molar-refractivity contribution in [2.24, 2.45) is 5.92 Å². The molecule has 1 atom stereocenters. The van der Waals surface area contributed by atoms with E-state index in [1.807, 2.05) is 0 Å². The van der Waals surface area contributed by atoms with Gasteiger partial charge in [-0.25, -0.2) is 4.79 Å². The van der Waals surface area contributed by atoms with Crippen LogP contribution in [0.15, 0.2) is 0 Å². The summed E-state index contributed by atoms with van der Waals surface area (Å²) >= 11 is 0. The molecule has 0 aromatic carbocycles. The Labute approximate surface area is 156 Å². The predicted octanol–water partition coefficient (Wildman–Crippen LogP) is 6.44. The Kier molecular flexibility index (Phi) is 14.1. The molecule has 0 aromatic heterocycles. The standard InChI is InChI=1S/C22H42O3/c1-3-4-5-6-7-8-9-10-11-12-13-14-15-18-24-20(2)22(23)25-19-21-16-17-21/h20-21H,3-19H2,1-2H3. The van der Waals surface area contributed by atoms with Crippen LogP contribution in [-0.2, 0) is 14.3 Å². The van der Waals surface area contributed by atoms with Gasteiger partial charge >= 0.3 is 5.97 Å². The maximum atomic E-state index is 11.7. The molecule has 1 unspecified atom stereocenters. The van der Waals surface area contributed by atoms with Crippen molar-refractivity contribution in [1.29, 1.82) is 0 Å². The highest BCUT2D eigenvalue weighted by atomic mass is 16.6. The molecule has 1 aliphatic rings. The molecule has 3 nitrogen and oxygen atoms in total. The third-order valence-electron chi connectivity index (χ3n) is 5.11. The number of hydrogen-bond acceptors (Lipinski definition) is 3. The van der Waals surface area contributed by atoms with Crippen molar-refractivity contribution in [3.8, 4) is 0 Å². The summed E-state index contributed by atoms with van der Waals surface area (Å²) in [4.78, 5) is 11.7. The normalized spacial score (nSPS) is 15.3. The van der Waals surface area contributed by atoms with Crippen LogP contribution in [0.1, 0.15) is 110 Å². The molecule has 1 aliphatic carbocycles. The van der Waals surface area contributed by atoms with Crippen molar-refractivity contribution < 1.29 is 14.3 Å². The van der Waals surface area contributed by atoms with Crippen molar-refractivity contribution in [2.75, 3.05) is 13.2 Å². The first-order valence-corrected chi connectivity index (χ1v) is 11.0. The Hall–Kier alpha value is -0.570.